The van der Waals surface area contributed by atoms with E-state index >= 15 is 0 Å². The lowest BCUT2D eigenvalue weighted by molar-refractivity contribution is -0.116. The fourth-order valence-corrected chi connectivity index (χ4v) is 3.05. The van der Waals surface area contributed by atoms with Crippen LogP contribution in [0.4, 0.5) is 5.69 Å². The maximum Gasteiger partial charge on any atom is 0.251 e. The molecule has 0 atom stereocenters. The van der Waals surface area contributed by atoms with Gasteiger partial charge in [0.15, 0.2) is 0 Å². The number of aryl methyl sites for hydroxylation is 1. The van der Waals surface area contributed by atoms with E-state index in [4.69, 9.17) is 0 Å². The van der Waals surface area contributed by atoms with E-state index in [1.54, 1.807) is 12.1 Å². The summed E-state index contributed by atoms with van der Waals surface area (Å²) >= 11 is 0. The van der Waals surface area contributed by atoms with Crippen LogP contribution in [0.15, 0.2) is 42.5 Å². The minimum absolute atomic E-state index is 0.0236. The Morgan fingerprint density at radius 1 is 1.16 bits per heavy atom. The lowest BCUT2D eigenvalue weighted by Gasteiger charge is -2.17. The van der Waals surface area contributed by atoms with E-state index in [-0.39, 0.29) is 11.8 Å². The summed E-state index contributed by atoms with van der Waals surface area (Å²) in [5.74, 6) is 0.765. The van der Waals surface area contributed by atoms with Gasteiger partial charge >= 0.3 is 0 Å². The summed E-state index contributed by atoms with van der Waals surface area (Å²) in [6.07, 6.45) is 1.77. The first kappa shape index (κ1) is 15.4. The van der Waals surface area contributed by atoms with E-state index in [0.717, 1.165) is 28.1 Å². The number of imidazole rings is 1. The molecule has 0 spiro atoms. The molecule has 3 aromatic rings. The number of carbonyl (C=O) groups excluding carboxylic acids is 2. The number of hydrogen-bond acceptors (Lipinski definition) is 3. The molecule has 0 saturated heterocycles. The highest BCUT2D eigenvalue weighted by Crippen LogP contribution is 2.23. The molecular weight excluding hydrogens is 316 g/mol. The summed E-state index contributed by atoms with van der Waals surface area (Å²) in [5.41, 5.74) is 4.35. The first-order valence-corrected chi connectivity index (χ1v) is 8.34. The predicted molar refractivity (Wildman–Crippen MR) is 95.5 cm³/mol. The average molecular weight is 334 g/mol. The monoisotopic (exact) mass is 334 g/mol. The van der Waals surface area contributed by atoms with Gasteiger partial charge < -0.3 is 15.6 Å². The Bertz CT molecular complexity index is 928. The van der Waals surface area contributed by atoms with Crippen LogP contribution in [-0.2, 0) is 17.6 Å². The van der Waals surface area contributed by atoms with Crippen LogP contribution in [0.1, 0.15) is 28.2 Å². The highest BCUT2D eigenvalue weighted by molar-refractivity contribution is 5.97. The molecule has 1 aliphatic heterocycles. The van der Waals surface area contributed by atoms with Crippen LogP contribution in [-0.4, -0.2) is 28.3 Å². The summed E-state index contributed by atoms with van der Waals surface area (Å²) in [5, 5.41) is 5.74. The molecule has 2 amide bonds. The van der Waals surface area contributed by atoms with Crippen LogP contribution in [0.2, 0.25) is 0 Å². The molecule has 6 heteroatoms. The van der Waals surface area contributed by atoms with Gasteiger partial charge in [0.2, 0.25) is 5.91 Å². The zero-order valence-electron chi connectivity index (χ0n) is 13.6. The van der Waals surface area contributed by atoms with E-state index in [1.807, 2.05) is 30.3 Å². The smallest absolute Gasteiger partial charge is 0.251 e. The number of hydrogen-bond donors (Lipinski definition) is 3. The predicted octanol–water partition coefficient (Wildman–Crippen LogP) is 2.42. The number of amides is 2. The normalized spacial score (nSPS) is 13.4. The summed E-state index contributed by atoms with van der Waals surface area (Å²) in [7, 11) is 0. The topological polar surface area (TPSA) is 86.9 Å². The van der Waals surface area contributed by atoms with E-state index < -0.39 is 0 Å². The minimum Gasteiger partial charge on any atom is -0.352 e. The van der Waals surface area contributed by atoms with Crippen LogP contribution >= 0.6 is 0 Å². The highest BCUT2D eigenvalue weighted by Gasteiger charge is 2.16. The van der Waals surface area contributed by atoms with Crippen molar-refractivity contribution in [3.8, 4) is 0 Å². The van der Waals surface area contributed by atoms with Gasteiger partial charge in [0.25, 0.3) is 5.91 Å². The summed E-state index contributed by atoms with van der Waals surface area (Å²) in [6, 6.07) is 13.2. The molecule has 126 valence electrons. The molecule has 1 aromatic heterocycles. The van der Waals surface area contributed by atoms with Gasteiger partial charge in [-0.15, -0.1) is 0 Å². The fraction of sp³-hybridized carbons (Fsp3) is 0.211. The number of anilines is 1. The lowest BCUT2D eigenvalue weighted by atomic mass is 10.00. The molecule has 0 unspecified atom stereocenters. The van der Waals surface area contributed by atoms with Gasteiger partial charge in [-0.3, -0.25) is 9.59 Å². The third-order valence-electron chi connectivity index (χ3n) is 4.35. The molecule has 4 rings (SSSR count). The van der Waals surface area contributed by atoms with Gasteiger partial charge in [0.05, 0.1) is 11.0 Å². The number of carbonyl (C=O) groups is 2. The van der Waals surface area contributed by atoms with Crippen molar-refractivity contribution in [2.75, 3.05) is 11.9 Å². The Kier molecular flexibility index (Phi) is 3.93. The van der Waals surface area contributed by atoms with E-state index in [2.05, 4.69) is 20.6 Å². The third-order valence-corrected chi connectivity index (χ3v) is 4.35. The summed E-state index contributed by atoms with van der Waals surface area (Å²) in [4.78, 5) is 31.5. The van der Waals surface area contributed by atoms with Gasteiger partial charge in [-0.25, -0.2) is 4.98 Å². The standard InChI is InChI=1S/C19H18N4O2/c24-18-8-6-12-11-13(5-7-14(12)23-18)19(25)20-10-9-17-21-15-3-1-2-4-16(15)22-17/h1-5,7,11H,6,8-10H2,(H,20,25)(H,21,22)(H,23,24). The zero-order chi connectivity index (χ0) is 17.2. The molecule has 0 bridgehead atoms. The number of H-pyrrole nitrogens is 1. The molecule has 6 nitrogen and oxygen atoms in total. The summed E-state index contributed by atoms with van der Waals surface area (Å²) in [6.45, 7) is 0.506. The number of rotatable bonds is 4. The molecule has 0 saturated carbocycles. The second kappa shape index (κ2) is 6.39. The van der Waals surface area contributed by atoms with Crippen LogP contribution in [0.25, 0.3) is 11.0 Å². The molecule has 25 heavy (non-hydrogen) atoms. The Hall–Kier alpha value is -3.15. The average Bonchev–Trinajstić information content (AvgIpc) is 3.04. The number of nitrogens with one attached hydrogen (secondary N) is 3. The van der Waals surface area contributed by atoms with Crippen molar-refractivity contribution in [3.63, 3.8) is 0 Å². The second-order valence-corrected chi connectivity index (χ2v) is 6.13. The number of nitrogens with zero attached hydrogens (tertiary/aromatic N) is 1. The Morgan fingerprint density at radius 2 is 2.04 bits per heavy atom. The second-order valence-electron chi connectivity index (χ2n) is 6.13. The zero-order valence-corrected chi connectivity index (χ0v) is 13.6. The maximum atomic E-state index is 12.3. The number of aromatic amines is 1. The van der Waals surface area contributed by atoms with Gasteiger partial charge in [0, 0.05) is 30.6 Å². The van der Waals surface area contributed by atoms with E-state index in [1.165, 1.54) is 0 Å². The molecule has 3 N–H and O–H groups in total. The SMILES string of the molecule is O=C1CCc2cc(C(=O)NCCc3nc4ccccc4[nH]3)ccc2N1. The molecule has 2 heterocycles. The number of fused-ring (bicyclic) bond motifs is 2. The van der Waals surface area contributed by atoms with Gasteiger partial charge in [-0.1, -0.05) is 12.1 Å². The maximum absolute atomic E-state index is 12.3. The Morgan fingerprint density at radius 3 is 2.92 bits per heavy atom. The van der Waals surface area contributed by atoms with Crippen molar-refractivity contribution < 1.29 is 9.59 Å². The molecular formula is C19H18N4O2. The van der Waals surface area contributed by atoms with Crippen molar-refractivity contribution >= 4 is 28.5 Å². The van der Waals surface area contributed by atoms with Crippen molar-refractivity contribution in [3.05, 3.63) is 59.4 Å². The molecule has 1 aliphatic rings. The first-order valence-electron chi connectivity index (χ1n) is 8.34. The first-order chi connectivity index (χ1) is 12.2. The lowest BCUT2D eigenvalue weighted by Crippen LogP contribution is -2.26. The number of para-hydroxylation sites is 2. The van der Waals surface area contributed by atoms with Gasteiger partial charge in [-0.05, 0) is 42.3 Å². The van der Waals surface area contributed by atoms with Crippen LogP contribution in [0.3, 0.4) is 0 Å². The summed E-state index contributed by atoms with van der Waals surface area (Å²) < 4.78 is 0. The largest absolute Gasteiger partial charge is 0.352 e. The Labute approximate surface area is 144 Å². The van der Waals surface area contributed by atoms with E-state index in [0.29, 0.717) is 31.4 Å². The van der Waals surface area contributed by atoms with Crippen molar-refractivity contribution in [1.82, 2.24) is 15.3 Å². The highest BCUT2D eigenvalue weighted by atomic mass is 16.2. The van der Waals surface area contributed by atoms with Gasteiger partial charge in [0.1, 0.15) is 5.82 Å². The van der Waals surface area contributed by atoms with Crippen LogP contribution in [0.5, 0.6) is 0 Å². The van der Waals surface area contributed by atoms with Gasteiger partial charge in [-0.2, -0.15) is 0 Å². The van der Waals surface area contributed by atoms with E-state index in [9.17, 15) is 9.59 Å². The van der Waals surface area contributed by atoms with Crippen LogP contribution < -0.4 is 10.6 Å². The fourth-order valence-electron chi connectivity index (χ4n) is 3.05. The molecule has 2 aromatic carbocycles. The quantitative estimate of drug-likeness (QED) is 0.685. The Balaban J connectivity index is 1.38. The number of benzene rings is 2. The van der Waals surface area contributed by atoms with Crippen molar-refractivity contribution in [1.29, 1.82) is 0 Å². The van der Waals surface area contributed by atoms with Crippen molar-refractivity contribution in [2.24, 2.45) is 0 Å². The molecule has 0 radical (unpaired) electrons. The van der Waals surface area contributed by atoms with Crippen LogP contribution in [0, 0.1) is 0 Å². The minimum atomic E-state index is -0.115. The van der Waals surface area contributed by atoms with Crippen molar-refractivity contribution in [2.45, 2.75) is 19.3 Å². The number of aromatic nitrogens is 2. The third kappa shape index (κ3) is 3.24. The molecule has 0 aliphatic carbocycles. The molecule has 0 fully saturated rings.